The van der Waals surface area contributed by atoms with Crippen molar-refractivity contribution in [2.75, 3.05) is 6.54 Å². The Morgan fingerprint density at radius 3 is 3.00 bits per heavy atom. The summed E-state index contributed by atoms with van der Waals surface area (Å²) in [6.07, 6.45) is 12.2. The van der Waals surface area contributed by atoms with Gasteiger partial charge < -0.3 is 5.32 Å². The third kappa shape index (κ3) is 3.33. The maximum atomic E-state index is 11.7. The SMILES string of the molecule is CC1(Br)[C]=CC=CN1NC(=O)CNC1CCC1. The minimum atomic E-state index is -0.478. The molecule has 0 bridgehead atoms. The van der Waals surface area contributed by atoms with E-state index >= 15 is 0 Å². The van der Waals surface area contributed by atoms with Crippen LogP contribution in [0.25, 0.3) is 0 Å². The summed E-state index contributed by atoms with van der Waals surface area (Å²) in [5.74, 6) is -0.0316. The second-order valence-corrected chi connectivity index (χ2v) is 6.06. The van der Waals surface area contributed by atoms with Crippen LogP contribution in [0.4, 0.5) is 0 Å². The van der Waals surface area contributed by atoms with Gasteiger partial charge in [-0.05, 0) is 31.9 Å². The Morgan fingerprint density at radius 1 is 1.65 bits per heavy atom. The van der Waals surface area contributed by atoms with Gasteiger partial charge in [0.15, 0.2) is 0 Å². The van der Waals surface area contributed by atoms with Crippen LogP contribution in [0, 0.1) is 6.08 Å². The van der Waals surface area contributed by atoms with Crippen LogP contribution in [0.2, 0.25) is 0 Å². The molecule has 1 amide bonds. The van der Waals surface area contributed by atoms with Gasteiger partial charge in [0, 0.05) is 12.2 Å². The van der Waals surface area contributed by atoms with Crippen molar-refractivity contribution in [1.29, 1.82) is 0 Å². The summed E-state index contributed by atoms with van der Waals surface area (Å²) in [5, 5.41) is 4.94. The number of carbonyl (C=O) groups is 1. The molecule has 1 saturated carbocycles. The molecule has 1 aliphatic heterocycles. The van der Waals surface area contributed by atoms with Crippen LogP contribution < -0.4 is 10.7 Å². The Kier molecular flexibility index (Phi) is 3.89. The summed E-state index contributed by atoms with van der Waals surface area (Å²) in [6, 6.07) is 0.527. The van der Waals surface area contributed by atoms with E-state index in [9.17, 15) is 4.79 Å². The smallest absolute Gasteiger partial charge is 0.252 e. The number of amides is 1. The van der Waals surface area contributed by atoms with E-state index in [1.54, 1.807) is 5.01 Å². The standard InChI is InChI=1S/C12H17BrN3O/c1-12(13)7-2-3-8-16(12)15-11(17)9-14-10-5-4-6-10/h2-3,8,10,14H,4-6,9H2,1H3,(H,15,17). The first-order valence-corrected chi connectivity index (χ1v) is 6.66. The average molecular weight is 299 g/mol. The maximum Gasteiger partial charge on any atom is 0.252 e. The Labute approximate surface area is 110 Å². The number of carbonyl (C=O) groups excluding carboxylic acids is 1. The van der Waals surface area contributed by atoms with E-state index in [-0.39, 0.29) is 5.91 Å². The fourth-order valence-electron chi connectivity index (χ4n) is 1.70. The molecule has 17 heavy (non-hydrogen) atoms. The zero-order valence-corrected chi connectivity index (χ0v) is 11.5. The highest BCUT2D eigenvalue weighted by molar-refractivity contribution is 9.10. The molecule has 4 nitrogen and oxygen atoms in total. The number of halogens is 1. The lowest BCUT2D eigenvalue weighted by Gasteiger charge is -2.35. The van der Waals surface area contributed by atoms with Crippen molar-refractivity contribution >= 4 is 21.8 Å². The molecule has 2 aliphatic rings. The molecule has 0 spiro atoms. The van der Waals surface area contributed by atoms with Gasteiger partial charge in [0.25, 0.3) is 5.91 Å². The van der Waals surface area contributed by atoms with E-state index in [2.05, 4.69) is 32.7 Å². The highest BCUT2D eigenvalue weighted by atomic mass is 79.9. The van der Waals surface area contributed by atoms with Gasteiger partial charge in [-0.15, -0.1) is 0 Å². The number of nitrogens with one attached hydrogen (secondary N) is 2. The van der Waals surface area contributed by atoms with Gasteiger partial charge in [0.2, 0.25) is 0 Å². The minimum Gasteiger partial charge on any atom is -0.306 e. The predicted molar refractivity (Wildman–Crippen MR) is 69.9 cm³/mol. The van der Waals surface area contributed by atoms with E-state index < -0.39 is 4.45 Å². The molecule has 0 aromatic heterocycles. The highest BCUT2D eigenvalue weighted by Gasteiger charge is 2.27. The third-order valence-electron chi connectivity index (χ3n) is 3.03. The number of hydrazine groups is 1. The molecule has 1 unspecified atom stereocenters. The van der Waals surface area contributed by atoms with E-state index in [1.165, 1.54) is 19.3 Å². The summed E-state index contributed by atoms with van der Waals surface area (Å²) in [7, 11) is 0. The topological polar surface area (TPSA) is 44.4 Å². The molecule has 1 atom stereocenters. The first-order chi connectivity index (χ1) is 8.08. The van der Waals surface area contributed by atoms with Crippen molar-refractivity contribution in [3.8, 4) is 0 Å². The third-order valence-corrected chi connectivity index (χ3v) is 3.64. The van der Waals surface area contributed by atoms with Crippen molar-refractivity contribution in [3.05, 3.63) is 24.4 Å². The van der Waals surface area contributed by atoms with Gasteiger partial charge >= 0.3 is 0 Å². The summed E-state index contributed by atoms with van der Waals surface area (Å²) < 4.78 is -0.478. The second-order valence-electron chi connectivity index (χ2n) is 4.52. The van der Waals surface area contributed by atoms with Gasteiger partial charge in [-0.25, -0.2) is 0 Å². The average Bonchev–Trinajstić information content (AvgIpc) is 2.19. The van der Waals surface area contributed by atoms with Gasteiger partial charge in [-0.3, -0.25) is 15.2 Å². The quantitative estimate of drug-likeness (QED) is 0.610. The molecule has 0 aromatic rings. The number of allylic oxidation sites excluding steroid dienone is 2. The minimum absolute atomic E-state index is 0.0316. The number of hydrogen-bond donors (Lipinski definition) is 2. The molecule has 1 heterocycles. The number of alkyl halides is 1. The molecular weight excluding hydrogens is 282 g/mol. The van der Waals surface area contributed by atoms with Gasteiger partial charge in [0.05, 0.1) is 6.54 Å². The van der Waals surface area contributed by atoms with E-state index in [4.69, 9.17) is 0 Å². The largest absolute Gasteiger partial charge is 0.306 e. The summed E-state index contributed by atoms with van der Waals surface area (Å²) in [5.41, 5.74) is 2.83. The van der Waals surface area contributed by atoms with Crippen LogP contribution in [0.1, 0.15) is 26.2 Å². The summed E-state index contributed by atoms with van der Waals surface area (Å²) in [6.45, 7) is 2.29. The molecular formula is C12H17BrN3O. The maximum absolute atomic E-state index is 11.7. The van der Waals surface area contributed by atoms with Crippen LogP contribution in [0.5, 0.6) is 0 Å². The van der Waals surface area contributed by atoms with Crippen LogP contribution in [-0.4, -0.2) is 28.0 Å². The highest BCUT2D eigenvalue weighted by Crippen LogP contribution is 2.24. The van der Waals surface area contributed by atoms with Crippen molar-refractivity contribution in [2.45, 2.75) is 36.7 Å². The molecule has 0 aromatic carbocycles. The first-order valence-electron chi connectivity index (χ1n) is 5.87. The van der Waals surface area contributed by atoms with Crippen LogP contribution in [0.15, 0.2) is 18.4 Å². The fourth-order valence-corrected chi connectivity index (χ4v) is 2.04. The van der Waals surface area contributed by atoms with Crippen LogP contribution in [-0.2, 0) is 4.79 Å². The number of hydrogen-bond acceptors (Lipinski definition) is 3. The lowest BCUT2D eigenvalue weighted by Crippen LogP contribution is -2.52. The number of rotatable bonds is 4. The first kappa shape index (κ1) is 12.6. The van der Waals surface area contributed by atoms with Gasteiger partial charge in [-0.2, -0.15) is 0 Å². The molecule has 0 saturated heterocycles. The summed E-state index contributed by atoms with van der Waals surface area (Å²) >= 11 is 3.49. The van der Waals surface area contributed by atoms with Crippen LogP contribution >= 0.6 is 15.9 Å². The molecule has 1 fully saturated rings. The second kappa shape index (κ2) is 5.23. The molecule has 2 N–H and O–H groups in total. The van der Waals surface area contributed by atoms with Crippen molar-refractivity contribution in [2.24, 2.45) is 0 Å². The zero-order chi connectivity index (χ0) is 12.3. The monoisotopic (exact) mass is 298 g/mol. The molecule has 2 rings (SSSR count). The molecule has 1 aliphatic carbocycles. The van der Waals surface area contributed by atoms with Crippen molar-refractivity contribution in [3.63, 3.8) is 0 Å². The Bertz CT molecular complexity index is 348. The van der Waals surface area contributed by atoms with Gasteiger partial charge in [0.1, 0.15) is 4.45 Å². The predicted octanol–water partition coefficient (Wildman–Crippen LogP) is 1.46. The Morgan fingerprint density at radius 2 is 2.41 bits per heavy atom. The van der Waals surface area contributed by atoms with E-state index in [0.29, 0.717) is 12.6 Å². The Balaban J connectivity index is 1.77. The Hall–Kier alpha value is -0.810. The zero-order valence-electron chi connectivity index (χ0n) is 9.87. The lowest BCUT2D eigenvalue weighted by molar-refractivity contribution is -0.124. The molecule has 1 radical (unpaired) electrons. The van der Waals surface area contributed by atoms with Gasteiger partial charge in [-0.1, -0.05) is 28.4 Å². The van der Waals surface area contributed by atoms with E-state index in [1.807, 2.05) is 25.3 Å². The van der Waals surface area contributed by atoms with Crippen molar-refractivity contribution in [1.82, 2.24) is 15.8 Å². The lowest BCUT2D eigenvalue weighted by atomic mass is 9.93. The van der Waals surface area contributed by atoms with Crippen LogP contribution in [0.3, 0.4) is 0 Å². The fraction of sp³-hybridized carbons (Fsp3) is 0.583. The molecule has 93 valence electrons. The van der Waals surface area contributed by atoms with Crippen molar-refractivity contribution < 1.29 is 4.79 Å². The summed E-state index contributed by atoms with van der Waals surface area (Å²) in [4.78, 5) is 11.7. The van der Waals surface area contributed by atoms with E-state index in [0.717, 1.165) is 0 Å². The molecule has 5 heteroatoms. The normalized spacial score (nSPS) is 28.0. The number of nitrogens with zero attached hydrogens (tertiary/aromatic N) is 1.